The zero-order valence-electron chi connectivity index (χ0n) is 9.66. The van der Waals surface area contributed by atoms with Gasteiger partial charge in [-0.15, -0.1) is 11.3 Å². The van der Waals surface area contributed by atoms with Crippen molar-refractivity contribution >= 4 is 28.9 Å². The Balaban J connectivity index is 1.98. The van der Waals surface area contributed by atoms with E-state index in [9.17, 15) is 10.1 Å². The highest BCUT2D eigenvalue weighted by Gasteiger charge is 2.02. The Morgan fingerprint density at radius 3 is 2.56 bits per heavy atom. The van der Waals surface area contributed by atoms with E-state index in [-0.39, 0.29) is 5.69 Å². The Morgan fingerprint density at radius 1 is 1.28 bits per heavy atom. The fourth-order valence-electron chi connectivity index (χ4n) is 1.35. The molecule has 0 aliphatic rings. The average Bonchev–Trinajstić information content (AvgIpc) is 2.76. The predicted octanol–water partition coefficient (Wildman–Crippen LogP) is 3.41. The van der Waals surface area contributed by atoms with Crippen molar-refractivity contribution in [3.05, 3.63) is 56.3 Å². The summed E-state index contributed by atoms with van der Waals surface area (Å²) in [4.78, 5) is 12.3. The van der Waals surface area contributed by atoms with Crippen molar-refractivity contribution in [2.24, 2.45) is 5.10 Å². The summed E-state index contributed by atoms with van der Waals surface area (Å²) in [6, 6.07) is 10.1. The SMILES string of the molecule is Cc1ccc(/C=N/Nc2ccc([N+](=O)[O-])cc2)s1. The van der Waals surface area contributed by atoms with Gasteiger partial charge in [-0.3, -0.25) is 15.5 Å². The standard InChI is InChI=1S/C12H11N3O2S/c1-9-2-7-12(18-9)8-13-14-10-3-5-11(6-4-10)15(16)17/h2-8,14H,1H3/b13-8+. The molecular formula is C12H11N3O2S. The molecular weight excluding hydrogens is 250 g/mol. The number of thiophene rings is 1. The molecule has 92 valence electrons. The number of hydrogen-bond donors (Lipinski definition) is 1. The summed E-state index contributed by atoms with van der Waals surface area (Å²) in [6.45, 7) is 2.03. The van der Waals surface area contributed by atoms with Gasteiger partial charge in [-0.1, -0.05) is 0 Å². The molecule has 6 heteroatoms. The van der Waals surface area contributed by atoms with Gasteiger partial charge in [0.25, 0.3) is 5.69 Å². The van der Waals surface area contributed by atoms with Gasteiger partial charge in [-0.25, -0.2) is 0 Å². The first-order valence-corrected chi connectivity index (χ1v) is 6.07. The second kappa shape index (κ2) is 5.42. The topological polar surface area (TPSA) is 67.5 Å². The number of hydrazone groups is 1. The fraction of sp³-hybridized carbons (Fsp3) is 0.0833. The first-order chi connectivity index (χ1) is 8.65. The van der Waals surface area contributed by atoms with Crippen LogP contribution in [-0.4, -0.2) is 11.1 Å². The third-order valence-electron chi connectivity index (χ3n) is 2.22. The van der Waals surface area contributed by atoms with Gasteiger partial charge in [0.1, 0.15) is 0 Å². The number of aryl methyl sites for hydroxylation is 1. The molecule has 2 aromatic rings. The van der Waals surface area contributed by atoms with E-state index in [1.165, 1.54) is 17.0 Å². The Morgan fingerprint density at radius 2 is 2.00 bits per heavy atom. The lowest BCUT2D eigenvalue weighted by Gasteiger charge is -1.98. The smallest absolute Gasteiger partial charge is 0.269 e. The van der Waals surface area contributed by atoms with Crippen molar-refractivity contribution in [1.29, 1.82) is 0 Å². The highest BCUT2D eigenvalue weighted by molar-refractivity contribution is 7.13. The minimum atomic E-state index is -0.429. The number of benzene rings is 1. The van der Waals surface area contributed by atoms with Crippen molar-refractivity contribution in [3.63, 3.8) is 0 Å². The second-order valence-corrected chi connectivity index (χ2v) is 4.94. The molecule has 0 amide bonds. The molecule has 0 saturated carbocycles. The summed E-state index contributed by atoms with van der Waals surface area (Å²) in [7, 11) is 0. The van der Waals surface area contributed by atoms with E-state index in [4.69, 9.17) is 0 Å². The van der Waals surface area contributed by atoms with Crippen LogP contribution in [0.1, 0.15) is 9.75 Å². The third-order valence-corrected chi connectivity index (χ3v) is 3.16. The lowest BCUT2D eigenvalue weighted by atomic mass is 10.3. The van der Waals surface area contributed by atoms with Gasteiger partial charge in [-0.2, -0.15) is 5.10 Å². The molecule has 1 N–H and O–H groups in total. The number of non-ortho nitro benzene ring substituents is 1. The van der Waals surface area contributed by atoms with Crippen molar-refractivity contribution < 1.29 is 4.92 Å². The van der Waals surface area contributed by atoms with E-state index in [2.05, 4.69) is 10.5 Å². The highest BCUT2D eigenvalue weighted by atomic mass is 32.1. The monoisotopic (exact) mass is 261 g/mol. The van der Waals surface area contributed by atoms with Crippen LogP contribution >= 0.6 is 11.3 Å². The molecule has 0 saturated heterocycles. The molecule has 18 heavy (non-hydrogen) atoms. The Bertz CT molecular complexity index is 575. The largest absolute Gasteiger partial charge is 0.278 e. The van der Waals surface area contributed by atoms with Crippen LogP contribution in [0.25, 0.3) is 0 Å². The van der Waals surface area contributed by atoms with Gasteiger partial charge in [0.15, 0.2) is 0 Å². The number of nitro groups is 1. The summed E-state index contributed by atoms with van der Waals surface area (Å²) >= 11 is 1.65. The summed E-state index contributed by atoms with van der Waals surface area (Å²) < 4.78 is 0. The van der Waals surface area contributed by atoms with Crippen LogP contribution in [0, 0.1) is 17.0 Å². The first-order valence-electron chi connectivity index (χ1n) is 5.25. The van der Waals surface area contributed by atoms with Crippen LogP contribution in [0.2, 0.25) is 0 Å². The van der Waals surface area contributed by atoms with E-state index in [0.29, 0.717) is 5.69 Å². The van der Waals surface area contributed by atoms with Gasteiger partial charge < -0.3 is 0 Å². The van der Waals surface area contributed by atoms with Crippen LogP contribution < -0.4 is 5.43 Å². The molecule has 0 radical (unpaired) electrons. The number of anilines is 1. The molecule has 0 atom stereocenters. The maximum atomic E-state index is 10.5. The Kier molecular flexibility index (Phi) is 3.69. The van der Waals surface area contributed by atoms with E-state index in [0.717, 1.165) is 4.88 Å². The number of rotatable bonds is 4. The molecule has 0 unspecified atom stereocenters. The highest BCUT2D eigenvalue weighted by Crippen LogP contribution is 2.16. The maximum absolute atomic E-state index is 10.5. The Hall–Kier alpha value is -2.21. The van der Waals surface area contributed by atoms with Crippen LogP contribution in [0.3, 0.4) is 0 Å². The molecule has 0 aliphatic carbocycles. The van der Waals surface area contributed by atoms with E-state index in [1.807, 2.05) is 19.1 Å². The Labute approximate surface area is 108 Å². The van der Waals surface area contributed by atoms with Crippen LogP contribution in [-0.2, 0) is 0 Å². The zero-order valence-corrected chi connectivity index (χ0v) is 10.5. The molecule has 2 rings (SSSR count). The number of hydrogen-bond acceptors (Lipinski definition) is 5. The van der Waals surface area contributed by atoms with Crippen LogP contribution in [0.4, 0.5) is 11.4 Å². The van der Waals surface area contributed by atoms with E-state index < -0.39 is 4.92 Å². The maximum Gasteiger partial charge on any atom is 0.269 e. The summed E-state index contributed by atoms with van der Waals surface area (Å²) in [5, 5.41) is 14.5. The quantitative estimate of drug-likeness (QED) is 0.521. The molecule has 0 bridgehead atoms. The van der Waals surface area contributed by atoms with Gasteiger partial charge in [0, 0.05) is 21.9 Å². The molecule has 0 spiro atoms. The van der Waals surface area contributed by atoms with Crippen LogP contribution in [0.5, 0.6) is 0 Å². The minimum absolute atomic E-state index is 0.0680. The predicted molar refractivity (Wildman–Crippen MR) is 73.4 cm³/mol. The fourth-order valence-corrected chi connectivity index (χ4v) is 2.10. The second-order valence-electron chi connectivity index (χ2n) is 3.62. The lowest BCUT2D eigenvalue weighted by Crippen LogP contribution is -1.91. The van der Waals surface area contributed by atoms with Crippen LogP contribution in [0.15, 0.2) is 41.5 Å². The summed E-state index contributed by atoms with van der Waals surface area (Å²) in [5.41, 5.74) is 3.60. The van der Waals surface area contributed by atoms with Crippen molar-refractivity contribution in [1.82, 2.24) is 0 Å². The number of nitrogens with one attached hydrogen (secondary N) is 1. The molecule has 1 heterocycles. The zero-order chi connectivity index (χ0) is 13.0. The normalized spacial score (nSPS) is 10.7. The van der Waals surface area contributed by atoms with E-state index in [1.54, 1.807) is 29.7 Å². The summed E-state index contributed by atoms with van der Waals surface area (Å²) in [5.74, 6) is 0. The molecule has 0 aliphatic heterocycles. The van der Waals surface area contributed by atoms with Gasteiger partial charge in [0.2, 0.25) is 0 Å². The van der Waals surface area contributed by atoms with E-state index >= 15 is 0 Å². The van der Waals surface area contributed by atoms with Crippen molar-refractivity contribution in [2.75, 3.05) is 5.43 Å². The number of nitrogens with zero attached hydrogens (tertiary/aromatic N) is 2. The molecule has 5 nitrogen and oxygen atoms in total. The summed E-state index contributed by atoms with van der Waals surface area (Å²) in [6.07, 6.45) is 1.72. The third kappa shape index (κ3) is 3.14. The molecule has 0 fully saturated rings. The van der Waals surface area contributed by atoms with Crippen molar-refractivity contribution in [2.45, 2.75) is 6.92 Å². The number of nitro benzene ring substituents is 1. The first kappa shape index (κ1) is 12.3. The van der Waals surface area contributed by atoms with Gasteiger partial charge in [-0.05, 0) is 31.2 Å². The lowest BCUT2D eigenvalue weighted by molar-refractivity contribution is -0.384. The minimum Gasteiger partial charge on any atom is -0.278 e. The average molecular weight is 261 g/mol. The molecule has 1 aromatic carbocycles. The van der Waals surface area contributed by atoms with Crippen molar-refractivity contribution in [3.8, 4) is 0 Å². The van der Waals surface area contributed by atoms with Gasteiger partial charge in [0.05, 0.1) is 16.8 Å². The van der Waals surface area contributed by atoms with Gasteiger partial charge >= 0.3 is 0 Å². The molecule has 1 aromatic heterocycles.